The van der Waals surface area contributed by atoms with Crippen molar-refractivity contribution in [2.24, 2.45) is 4.99 Å². The van der Waals surface area contributed by atoms with E-state index in [0.717, 1.165) is 49.3 Å². The minimum Gasteiger partial charge on any atom is -0.343 e. The van der Waals surface area contributed by atoms with E-state index in [-0.39, 0.29) is 11.9 Å². The molecule has 0 spiro atoms. The van der Waals surface area contributed by atoms with Gasteiger partial charge < -0.3 is 20.4 Å². The number of carbonyl (C=O) groups is 1. The van der Waals surface area contributed by atoms with E-state index in [0.29, 0.717) is 17.3 Å². The van der Waals surface area contributed by atoms with E-state index in [1.165, 1.54) is 18.4 Å². The summed E-state index contributed by atoms with van der Waals surface area (Å²) in [4.78, 5) is 26.1. The molecular weight excluding hydrogens is 412 g/mol. The van der Waals surface area contributed by atoms with Gasteiger partial charge in [-0.2, -0.15) is 0 Å². The first kappa shape index (κ1) is 23.0. The number of hydrogen-bond acceptors (Lipinski definition) is 5. The van der Waals surface area contributed by atoms with Crippen LogP contribution in [-0.2, 0) is 4.79 Å². The van der Waals surface area contributed by atoms with Gasteiger partial charge in [0.05, 0.1) is 0 Å². The average molecular weight is 447 g/mol. The number of hydrogen-bond donors (Lipinski definition) is 2. The highest BCUT2D eigenvalue weighted by molar-refractivity contribution is 6.12. The average Bonchev–Trinajstić information content (AvgIpc) is 3.47. The lowest BCUT2D eigenvalue weighted by molar-refractivity contribution is -0.126. The van der Waals surface area contributed by atoms with Crippen LogP contribution in [-0.4, -0.2) is 59.8 Å². The predicted molar refractivity (Wildman–Crippen MR) is 135 cm³/mol. The van der Waals surface area contributed by atoms with Crippen LogP contribution < -0.4 is 10.6 Å². The number of aliphatic imine (C=N–C) groups is 1. The smallest absolute Gasteiger partial charge is 0.270 e. The number of nitrogens with one attached hydrogen (secondary N) is 2. The number of rotatable bonds is 6. The van der Waals surface area contributed by atoms with Crippen LogP contribution >= 0.6 is 0 Å². The third-order valence-electron chi connectivity index (χ3n) is 6.38. The van der Waals surface area contributed by atoms with Crippen molar-refractivity contribution in [3.8, 4) is 0 Å². The predicted octanol–water partition coefficient (Wildman–Crippen LogP) is 3.92. The molecule has 7 nitrogen and oxygen atoms in total. The van der Waals surface area contributed by atoms with E-state index in [1.54, 1.807) is 19.0 Å². The standard InChI is InChI=1S/C26H34N6O/c1-5-19-16-23(26(33)31(3)4)32(22-8-6-7-9-22)25(19)30-18(2)29-24-11-10-21(17-28-24)20-12-14-27-15-13-20/h5,10-12,16-17,22,27H,2,6-9,13-15H2,1,3-4H3,(H,28,29)/b19-5-,30-25?. The Labute approximate surface area is 196 Å². The number of allylic oxidation sites excluding steroid dienone is 1. The molecule has 3 heterocycles. The van der Waals surface area contributed by atoms with E-state index < -0.39 is 0 Å². The molecule has 33 heavy (non-hydrogen) atoms. The van der Waals surface area contributed by atoms with Gasteiger partial charge in [0.15, 0.2) is 0 Å². The Balaban J connectivity index is 1.55. The Bertz CT molecular complexity index is 1030. The molecule has 0 bridgehead atoms. The van der Waals surface area contributed by atoms with Crippen LogP contribution in [0.4, 0.5) is 5.82 Å². The molecule has 1 aromatic rings. The molecule has 0 atom stereocenters. The lowest BCUT2D eigenvalue weighted by atomic mass is 10.0. The number of pyridine rings is 1. The van der Waals surface area contributed by atoms with Crippen LogP contribution in [0.2, 0.25) is 0 Å². The minimum absolute atomic E-state index is 0.00510. The van der Waals surface area contributed by atoms with Crippen molar-refractivity contribution in [2.75, 3.05) is 32.5 Å². The number of nitrogens with zero attached hydrogens (tertiary/aromatic N) is 4. The van der Waals surface area contributed by atoms with Gasteiger partial charge in [-0.25, -0.2) is 9.98 Å². The zero-order chi connectivity index (χ0) is 23.4. The van der Waals surface area contributed by atoms with Crippen LogP contribution in [0.15, 0.2) is 65.2 Å². The molecule has 7 heteroatoms. The highest BCUT2D eigenvalue weighted by Crippen LogP contribution is 2.34. The van der Waals surface area contributed by atoms with Gasteiger partial charge in [0.2, 0.25) is 0 Å². The fourth-order valence-electron chi connectivity index (χ4n) is 4.64. The summed E-state index contributed by atoms with van der Waals surface area (Å²) in [5.74, 6) is 1.98. The summed E-state index contributed by atoms with van der Waals surface area (Å²) in [7, 11) is 3.58. The van der Waals surface area contributed by atoms with Gasteiger partial charge in [-0.1, -0.05) is 31.6 Å². The summed E-state index contributed by atoms with van der Waals surface area (Å²) >= 11 is 0. The largest absolute Gasteiger partial charge is 0.343 e. The topological polar surface area (TPSA) is 72.9 Å². The summed E-state index contributed by atoms with van der Waals surface area (Å²) in [6.45, 7) is 8.01. The Morgan fingerprint density at radius 1 is 1.33 bits per heavy atom. The van der Waals surface area contributed by atoms with Gasteiger partial charge in [-0.15, -0.1) is 0 Å². The van der Waals surface area contributed by atoms with E-state index in [4.69, 9.17) is 4.99 Å². The normalized spacial score (nSPS) is 21.4. The van der Waals surface area contributed by atoms with Gasteiger partial charge in [-0.3, -0.25) is 4.79 Å². The molecule has 0 unspecified atom stereocenters. The Morgan fingerprint density at radius 3 is 2.73 bits per heavy atom. The van der Waals surface area contributed by atoms with Crippen LogP contribution in [0, 0.1) is 0 Å². The Kier molecular flexibility index (Phi) is 7.08. The zero-order valence-corrected chi connectivity index (χ0v) is 19.9. The second kappa shape index (κ2) is 10.2. The molecule has 1 saturated carbocycles. The van der Waals surface area contributed by atoms with E-state index in [9.17, 15) is 4.79 Å². The highest BCUT2D eigenvalue weighted by Gasteiger charge is 2.37. The first-order valence-electron chi connectivity index (χ1n) is 11.8. The molecule has 174 valence electrons. The maximum Gasteiger partial charge on any atom is 0.270 e. The van der Waals surface area contributed by atoms with Gasteiger partial charge in [0.25, 0.3) is 5.91 Å². The molecule has 4 rings (SSSR count). The molecule has 1 fully saturated rings. The monoisotopic (exact) mass is 446 g/mol. The van der Waals surface area contributed by atoms with Crippen molar-refractivity contribution < 1.29 is 4.79 Å². The number of likely N-dealkylation sites (N-methyl/N-ethyl adjacent to an activating group) is 1. The minimum atomic E-state index is -0.00510. The molecule has 0 radical (unpaired) electrons. The molecule has 2 N–H and O–H groups in total. The summed E-state index contributed by atoms with van der Waals surface area (Å²) in [6.07, 6.45) is 13.5. The highest BCUT2D eigenvalue weighted by atomic mass is 16.2. The molecule has 0 saturated heterocycles. The molecule has 1 amide bonds. The van der Waals surface area contributed by atoms with Crippen molar-refractivity contribution in [3.63, 3.8) is 0 Å². The van der Waals surface area contributed by atoms with Gasteiger partial charge in [0, 0.05) is 38.5 Å². The van der Waals surface area contributed by atoms with Crippen molar-refractivity contribution in [2.45, 2.75) is 45.1 Å². The van der Waals surface area contributed by atoms with Crippen molar-refractivity contribution in [1.82, 2.24) is 20.1 Å². The lowest BCUT2D eigenvalue weighted by Gasteiger charge is -2.30. The molecule has 0 aromatic carbocycles. The molecule has 1 aromatic heterocycles. The molecule has 2 aliphatic heterocycles. The Hall–Kier alpha value is -3.19. The maximum absolute atomic E-state index is 12.9. The maximum atomic E-state index is 12.9. The van der Waals surface area contributed by atoms with Crippen LogP contribution in [0.25, 0.3) is 5.57 Å². The SMILES string of the molecule is C=C(N=C1/C(=C\C)C=C(C(=O)N(C)C)N1C1CCCC1)Nc1ccc(C2=CCNCC2)cn1. The van der Waals surface area contributed by atoms with Crippen LogP contribution in [0.1, 0.15) is 44.6 Å². The van der Waals surface area contributed by atoms with Crippen molar-refractivity contribution in [1.29, 1.82) is 0 Å². The van der Waals surface area contributed by atoms with E-state index in [1.807, 2.05) is 31.3 Å². The molecular formula is C26H34N6O. The van der Waals surface area contributed by atoms with Crippen molar-refractivity contribution in [3.05, 3.63) is 65.8 Å². The van der Waals surface area contributed by atoms with Gasteiger partial charge in [-0.05, 0) is 62.1 Å². The summed E-state index contributed by atoms with van der Waals surface area (Å²) < 4.78 is 0. The van der Waals surface area contributed by atoms with Gasteiger partial charge >= 0.3 is 0 Å². The fraction of sp³-hybridized carbons (Fsp3) is 0.423. The first-order chi connectivity index (χ1) is 16.0. The van der Waals surface area contributed by atoms with Crippen molar-refractivity contribution >= 4 is 23.1 Å². The van der Waals surface area contributed by atoms with Crippen LogP contribution in [0.3, 0.4) is 0 Å². The number of amides is 1. The molecule has 1 aliphatic carbocycles. The van der Waals surface area contributed by atoms with E-state index >= 15 is 0 Å². The number of aromatic nitrogens is 1. The first-order valence-corrected chi connectivity index (χ1v) is 11.8. The summed E-state index contributed by atoms with van der Waals surface area (Å²) in [5.41, 5.74) is 4.10. The third kappa shape index (κ3) is 5.09. The Morgan fingerprint density at radius 2 is 2.12 bits per heavy atom. The number of anilines is 1. The van der Waals surface area contributed by atoms with Crippen LogP contribution in [0.5, 0.6) is 0 Å². The number of amidine groups is 1. The fourth-order valence-corrected chi connectivity index (χ4v) is 4.64. The van der Waals surface area contributed by atoms with E-state index in [2.05, 4.69) is 39.2 Å². The zero-order valence-electron chi connectivity index (χ0n) is 19.9. The molecule has 3 aliphatic rings. The quantitative estimate of drug-likeness (QED) is 0.693. The summed E-state index contributed by atoms with van der Waals surface area (Å²) in [5, 5.41) is 6.56. The summed E-state index contributed by atoms with van der Waals surface area (Å²) in [6, 6.07) is 4.32. The second-order valence-corrected chi connectivity index (χ2v) is 8.90. The third-order valence-corrected chi connectivity index (χ3v) is 6.38. The van der Waals surface area contributed by atoms with Gasteiger partial charge in [0.1, 0.15) is 23.2 Å². The second-order valence-electron chi connectivity index (χ2n) is 8.90. The number of carbonyl (C=O) groups excluding carboxylic acids is 1. The lowest BCUT2D eigenvalue weighted by Crippen LogP contribution is -2.40.